The van der Waals surface area contributed by atoms with Gasteiger partial charge in [0.25, 0.3) is 5.91 Å². The van der Waals surface area contributed by atoms with Gasteiger partial charge in [-0.1, -0.05) is 5.92 Å². The van der Waals surface area contributed by atoms with Gasteiger partial charge in [0.1, 0.15) is 5.60 Å². The van der Waals surface area contributed by atoms with Gasteiger partial charge in [0.15, 0.2) is 0 Å². The van der Waals surface area contributed by atoms with Crippen LogP contribution in [0.5, 0.6) is 0 Å². The second-order valence-corrected chi connectivity index (χ2v) is 4.18. The molecule has 0 spiro atoms. The van der Waals surface area contributed by atoms with Crippen molar-refractivity contribution < 1.29 is 9.90 Å². The quantitative estimate of drug-likeness (QED) is 0.495. The Bertz CT molecular complexity index is 203. The van der Waals surface area contributed by atoms with Crippen molar-refractivity contribution in [3.8, 4) is 12.3 Å². The highest BCUT2D eigenvalue weighted by atomic mass is 32.2. The molecule has 13 heavy (non-hydrogen) atoms. The van der Waals surface area contributed by atoms with E-state index in [1.54, 1.807) is 11.8 Å². The van der Waals surface area contributed by atoms with Gasteiger partial charge in [0, 0.05) is 12.3 Å². The topological polar surface area (TPSA) is 49.3 Å². The predicted octanol–water partition coefficient (Wildman–Crippen LogP) is 0.240. The first kappa shape index (κ1) is 12.3. The summed E-state index contributed by atoms with van der Waals surface area (Å²) in [4.78, 5) is 11.1. The summed E-state index contributed by atoms with van der Waals surface area (Å²) < 4.78 is 0. The maximum absolute atomic E-state index is 11.1. The number of hydrogen-bond acceptors (Lipinski definition) is 3. The van der Waals surface area contributed by atoms with Crippen LogP contribution in [-0.4, -0.2) is 34.7 Å². The average Bonchev–Trinajstić information content (AvgIpc) is 2.02. The second-order valence-electron chi connectivity index (χ2n) is 3.07. The maximum atomic E-state index is 11.1. The van der Waals surface area contributed by atoms with Gasteiger partial charge in [-0.05, 0) is 13.8 Å². The van der Waals surface area contributed by atoms with E-state index in [4.69, 9.17) is 6.42 Å². The van der Waals surface area contributed by atoms with Gasteiger partial charge in [-0.25, -0.2) is 0 Å². The molecule has 0 unspecified atom stereocenters. The third kappa shape index (κ3) is 6.50. The maximum Gasteiger partial charge on any atom is 0.251 e. The summed E-state index contributed by atoms with van der Waals surface area (Å²) in [5, 5.41) is 11.8. The molecule has 0 saturated heterocycles. The monoisotopic (exact) mass is 201 g/mol. The van der Waals surface area contributed by atoms with Gasteiger partial charge >= 0.3 is 0 Å². The number of thioether (sulfide) groups is 1. The lowest BCUT2D eigenvalue weighted by Gasteiger charge is -2.16. The summed E-state index contributed by atoms with van der Waals surface area (Å²) in [7, 11) is 0. The van der Waals surface area contributed by atoms with Gasteiger partial charge in [-0.3, -0.25) is 4.79 Å². The number of rotatable bonds is 5. The Morgan fingerprint density at radius 3 is 2.77 bits per heavy atom. The third-order valence-electron chi connectivity index (χ3n) is 1.27. The average molecular weight is 201 g/mol. The minimum Gasteiger partial charge on any atom is -0.381 e. The second kappa shape index (κ2) is 5.90. The van der Waals surface area contributed by atoms with Crippen LogP contribution in [0.25, 0.3) is 0 Å². The number of aliphatic hydroxyl groups is 1. The van der Waals surface area contributed by atoms with Crippen LogP contribution in [0, 0.1) is 12.3 Å². The Morgan fingerprint density at radius 2 is 2.31 bits per heavy atom. The molecule has 0 rings (SSSR count). The highest BCUT2D eigenvalue weighted by molar-refractivity contribution is 7.99. The first-order valence-corrected chi connectivity index (χ1v) is 5.16. The number of terminal acetylenes is 1. The first-order valence-electron chi connectivity index (χ1n) is 4.00. The van der Waals surface area contributed by atoms with E-state index < -0.39 is 5.60 Å². The lowest BCUT2D eigenvalue weighted by Crippen LogP contribution is -2.42. The van der Waals surface area contributed by atoms with E-state index in [9.17, 15) is 9.90 Å². The standard InChI is InChI=1S/C9H15NO2S/c1-4-6-13-7-5-10-8(11)9(2,3)12/h1,12H,5-7H2,2-3H3,(H,10,11). The smallest absolute Gasteiger partial charge is 0.251 e. The first-order chi connectivity index (χ1) is 5.98. The van der Waals surface area contributed by atoms with Crippen molar-refractivity contribution in [1.29, 1.82) is 0 Å². The molecule has 0 fully saturated rings. The molecule has 0 heterocycles. The van der Waals surface area contributed by atoms with Crippen LogP contribution < -0.4 is 5.32 Å². The summed E-state index contributed by atoms with van der Waals surface area (Å²) in [6, 6.07) is 0. The Hall–Kier alpha value is -0.660. The number of nitrogens with one attached hydrogen (secondary N) is 1. The Morgan fingerprint density at radius 1 is 1.69 bits per heavy atom. The van der Waals surface area contributed by atoms with Crippen molar-refractivity contribution in [3.63, 3.8) is 0 Å². The summed E-state index contributed by atoms with van der Waals surface area (Å²) in [5.41, 5.74) is -1.29. The van der Waals surface area contributed by atoms with Gasteiger partial charge in [0.2, 0.25) is 0 Å². The molecule has 1 amide bonds. The molecule has 0 aliphatic carbocycles. The SMILES string of the molecule is C#CCSCCNC(=O)C(C)(C)O. The number of carbonyl (C=O) groups is 1. The Balaban J connectivity index is 3.45. The van der Waals surface area contributed by atoms with E-state index in [1.165, 1.54) is 13.8 Å². The molecule has 74 valence electrons. The molecule has 0 bridgehead atoms. The van der Waals surface area contributed by atoms with Crippen molar-refractivity contribution in [3.05, 3.63) is 0 Å². The Kier molecular flexibility index (Phi) is 5.60. The molecule has 0 atom stereocenters. The van der Waals surface area contributed by atoms with Crippen molar-refractivity contribution in [2.24, 2.45) is 0 Å². The van der Waals surface area contributed by atoms with Gasteiger partial charge < -0.3 is 10.4 Å². The normalized spacial score (nSPS) is 10.6. The molecule has 4 heteroatoms. The lowest BCUT2D eigenvalue weighted by atomic mass is 10.1. The lowest BCUT2D eigenvalue weighted by molar-refractivity contribution is -0.136. The van der Waals surface area contributed by atoms with E-state index in [2.05, 4.69) is 11.2 Å². The number of carbonyl (C=O) groups excluding carboxylic acids is 1. The molecule has 0 radical (unpaired) electrons. The number of amides is 1. The van der Waals surface area contributed by atoms with E-state index in [0.717, 1.165) is 5.75 Å². The highest BCUT2D eigenvalue weighted by Gasteiger charge is 2.22. The van der Waals surface area contributed by atoms with Crippen molar-refractivity contribution in [2.45, 2.75) is 19.4 Å². The van der Waals surface area contributed by atoms with Crippen LogP contribution in [0.1, 0.15) is 13.8 Å². The van der Waals surface area contributed by atoms with E-state index in [1.807, 2.05) is 0 Å². The van der Waals surface area contributed by atoms with Crippen molar-refractivity contribution in [1.82, 2.24) is 5.32 Å². The minimum absolute atomic E-state index is 0.353. The molecule has 3 nitrogen and oxygen atoms in total. The van der Waals surface area contributed by atoms with Gasteiger partial charge in [-0.15, -0.1) is 18.2 Å². The molecule has 0 aromatic carbocycles. The molecule has 0 aliphatic rings. The van der Waals surface area contributed by atoms with Gasteiger partial charge in [-0.2, -0.15) is 0 Å². The summed E-state index contributed by atoms with van der Waals surface area (Å²) in [5.74, 6) is 3.56. The summed E-state index contributed by atoms with van der Waals surface area (Å²) in [6.45, 7) is 3.45. The van der Waals surface area contributed by atoms with Crippen LogP contribution in [0.15, 0.2) is 0 Å². The fourth-order valence-electron chi connectivity index (χ4n) is 0.584. The molecule has 0 saturated carbocycles. The molecule has 0 aromatic rings. The fourth-order valence-corrected chi connectivity index (χ4v) is 1.09. The predicted molar refractivity (Wildman–Crippen MR) is 55.5 cm³/mol. The zero-order valence-electron chi connectivity index (χ0n) is 7.96. The van der Waals surface area contributed by atoms with Crippen LogP contribution >= 0.6 is 11.8 Å². The van der Waals surface area contributed by atoms with Crippen LogP contribution in [-0.2, 0) is 4.79 Å². The van der Waals surface area contributed by atoms with Crippen molar-refractivity contribution in [2.75, 3.05) is 18.1 Å². The zero-order chi connectivity index (χ0) is 10.3. The molecule has 2 N–H and O–H groups in total. The van der Waals surface area contributed by atoms with E-state index >= 15 is 0 Å². The molecule has 0 aromatic heterocycles. The van der Waals surface area contributed by atoms with Crippen LogP contribution in [0.2, 0.25) is 0 Å². The van der Waals surface area contributed by atoms with Gasteiger partial charge in [0.05, 0.1) is 5.75 Å². The number of hydrogen-bond donors (Lipinski definition) is 2. The van der Waals surface area contributed by atoms with Crippen LogP contribution in [0.3, 0.4) is 0 Å². The van der Waals surface area contributed by atoms with Crippen molar-refractivity contribution >= 4 is 17.7 Å². The summed E-state index contributed by atoms with van der Waals surface area (Å²) >= 11 is 1.57. The largest absolute Gasteiger partial charge is 0.381 e. The fraction of sp³-hybridized carbons (Fsp3) is 0.667. The van der Waals surface area contributed by atoms with E-state index in [-0.39, 0.29) is 5.91 Å². The Labute approximate surface area is 83.3 Å². The molecular formula is C9H15NO2S. The minimum atomic E-state index is -1.29. The van der Waals surface area contributed by atoms with E-state index in [0.29, 0.717) is 12.3 Å². The third-order valence-corrected chi connectivity index (χ3v) is 2.14. The highest BCUT2D eigenvalue weighted by Crippen LogP contribution is 2.00. The molecule has 0 aliphatic heterocycles. The van der Waals surface area contributed by atoms with Crippen LogP contribution in [0.4, 0.5) is 0 Å². The summed E-state index contributed by atoms with van der Waals surface area (Å²) in [6.07, 6.45) is 5.04. The zero-order valence-corrected chi connectivity index (χ0v) is 8.78. The molecular weight excluding hydrogens is 186 g/mol.